The van der Waals surface area contributed by atoms with E-state index in [1.54, 1.807) is 0 Å². The smallest absolute Gasteiger partial charge is 0.411 e. The zero-order valence-corrected chi connectivity index (χ0v) is 23.7. The molecule has 0 unspecified atom stereocenters. The van der Waals surface area contributed by atoms with Gasteiger partial charge in [-0.05, 0) is 37.8 Å². The fraction of sp³-hybridized carbons (Fsp3) is 0.500. The van der Waals surface area contributed by atoms with Crippen LogP contribution in [0.15, 0.2) is 60.7 Å². The van der Waals surface area contributed by atoms with Gasteiger partial charge >= 0.3 is 12.1 Å². The van der Waals surface area contributed by atoms with Crippen LogP contribution in [0.5, 0.6) is 0 Å². The number of ketones is 1. The Morgan fingerprint density at radius 2 is 1.45 bits per heavy atom. The lowest BCUT2D eigenvalue weighted by atomic mass is 9.83. The molecular formula is C30H39BrN2O5. The van der Waals surface area contributed by atoms with Gasteiger partial charge in [-0.15, -0.1) is 0 Å². The van der Waals surface area contributed by atoms with Crippen molar-refractivity contribution in [2.24, 2.45) is 5.92 Å². The van der Waals surface area contributed by atoms with Crippen molar-refractivity contribution in [1.29, 1.82) is 0 Å². The van der Waals surface area contributed by atoms with Gasteiger partial charge in [0.1, 0.15) is 19.2 Å². The lowest BCUT2D eigenvalue weighted by Gasteiger charge is -2.51. The van der Waals surface area contributed by atoms with Crippen LogP contribution in [0.1, 0.15) is 62.2 Å². The number of ether oxygens (including phenoxy) is 2. The first-order valence-corrected chi connectivity index (χ1v) is 13.6. The van der Waals surface area contributed by atoms with Crippen molar-refractivity contribution < 1.29 is 45.3 Å². The molecule has 8 heteroatoms. The fourth-order valence-electron chi connectivity index (χ4n) is 5.81. The number of Topliss-reactive ketones (excluding diaryl/α,β-unsaturated/α-hetero) is 1. The van der Waals surface area contributed by atoms with Gasteiger partial charge in [0.25, 0.3) is 0 Å². The number of carbonyl (C=O) groups excluding carboxylic acids is 3. The van der Waals surface area contributed by atoms with Gasteiger partial charge < -0.3 is 30.9 Å². The molecule has 2 aromatic carbocycles. The number of amides is 1. The summed E-state index contributed by atoms with van der Waals surface area (Å²) in [6, 6.07) is 18.9. The predicted molar refractivity (Wildman–Crippen MR) is 142 cm³/mol. The second-order valence-corrected chi connectivity index (χ2v) is 10.6. The molecule has 3 saturated heterocycles. The minimum atomic E-state index is -0.335. The third-order valence-electron chi connectivity index (χ3n) is 7.78. The van der Waals surface area contributed by atoms with E-state index in [1.165, 1.54) is 26.2 Å². The fourth-order valence-corrected chi connectivity index (χ4v) is 5.81. The van der Waals surface area contributed by atoms with E-state index in [0.29, 0.717) is 12.5 Å². The molecule has 1 atom stereocenters. The summed E-state index contributed by atoms with van der Waals surface area (Å²) in [5.41, 5.74) is 1.56. The number of esters is 1. The molecule has 2 bridgehead atoms. The number of hydrogen-bond acceptors (Lipinski definition) is 5. The van der Waals surface area contributed by atoms with Gasteiger partial charge in [-0.2, -0.15) is 0 Å². The normalized spacial score (nSPS) is 24.1. The second kappa shape index (κ2) is 14.4. The van der Waals surface area contributed by atoms with E-state index in [1.807, 2.05) is 60.7 Å². The van der Waals surface area contributed by atoms with Crippen LogP contribution in [0.3, 0.4) is 0 Å². The van der Waals surface area contributed by atoms with E-state index in [-0.39, 0.29) is 47.0 Å². The first-order valence-electron chi connectivity index (χ1n) is 13.6. The SMILES string of the molecule is CC(=O)O[C@H]1C[N+]2(CC(=O)c3ccccc3)CCC1CC2.O=C(Nc1ccccc1)OC1CCCCC1.[Br-]. The Balaban J connectivity index is 0.000000213. The minimum Gasteiger partial charge on any atom is -1.00 e. The Morgan fingerprint density at radius 1 is 0.842 bits per heavy atom. The van der Waals surface area contributed by atoms with Crippen molar-refractivity contribution >= 4 is 23.5 Å². The number of fused-ring (bicyclic) bond motifs is 3. The van der Waals surface area contributed by atoms with Gasteiger partial charge in [0.15, 0.2) is 6.10 Å². The van der Waals surface area contributed by atoms with E-state index in [4.69, 9.17) is 9.47 Å². The highest BCUT2D eigenvalue weighted by atomic mass is 79.9. The number of carbonyl (C=O) groups is 3. The number of hydrogen-bond donors (Lipinski definition) is 1. The van der Waals surface area contributed by atoms with E-state index >= 15 is 0 Å². The third kappa shape index (κ3) is 8.67. The monoisotopic (exact) mass is 586 g/mol. The van der Waals surface area contributed by atoms with Gasteiger partial charge in [-0.1, -0.05) is 55.0 Å². The Labute approximate surface area is 236 Å². The van der Waals surface area contributed by atoms with E-state index < -0.39 is 0 Å². The lowest BCUT2D eigenvalue weighted by Crippen LogP contribution is -3.00. The number of rotatable bonds is 6. The highest BCUT2D eigenvalue weighted by molar-refractivity contribution is 5.97. The molecule has 6 rings (SSSR count). The Morgan fingerprint density at radius 3 is 2.05 bits per heavy atom. The molecule has 3 aliphatic heterocycles. The maximum absolute atomic E-state index is 12.5. The molecule has 0 spiro atoms. The second-order valence-electron chi connectivity index (χ2n) is 10.6. The number of piperidine rings is 3. The maximum atomic E-state index is 12.5. The van der Waals surface area contributed by atoms with Crippen LogP contribution >= 0.6 is 0 Å². The Kier molecular flexibility index (Phi) is 11.3. The zero-order valence-electron chi connectivity index (χ0n) is 22.2. The minimum absolute atomic E-state index is 0. The lowest BCUT2D eigenvalue weighted by molar-refractivity contribution is -0.938. The molecular weight excluding hydrogens is 548 g/mol. The summed E-state index contributed by atoms with van der Waals surface area (Å²) in [6.45, 7) is 4.84. The number of para-hydroxylation sites is 1. The molecule has 1 aliphatic carbocycles. The van der Waals surface area contributed by atoms with Crippen molar-refractivity contribution in [3.8, 4) is 0 Å². The predicted octanol–water partition coefficient (Wildman–Crippen LogP) is 2.61. The van der Waals surface area contributed by atoms with Crippen molar-refractivity contribution in [3.63, 3.8) is 0 Å². The Hall–Kier alpha value is -2.71. The van der Waals surface area contributed by atoms with E-state index in [9.17, 15) is 14.4 Å². The summed E-state index contributed by atoms with van der Waals surface area (Å²) in [5, 5.41) is 2.73. The first-order chi connectivity index (χ1) is 17.9. The number of benzene rings is 2. The molecule has 4 fully saturated rings. The molecule has 7 nitrogen and oxygen atoms in total. The summed E-state index contributed by atoms with van der Waals surface area (Å²) < 4.78 is 11.6. The van der Waals surface area contributed by atoms with Gasteiger partial charge in [-0.3, -0.25) is 14.9 Å². The van der Waals surface area contributed by atoms with Crippen LogP contribution in [0.2, 0.25) is 0 Å². The topological polar surface area (TPSA) is 81.7 Å². The largest absolute Gasteiger partial charge is 1.00 e. The van der Waals surface area contributed by atoms with Crippen LogP contribution in [0.25, 0.3) is 0 Å². The zero-order chi connectivity index (χ0) is 26.1. The quantitative estimate of drug-likeness (QED) is 0.320. The van der Waals surface area contributed by atoms with Crippen LogP contribution in [-0.2, 0) is 14.3 Å². The summed E-state index contributed by atoms with van der Waals surface area (Å²) in [7, 11) is 0. The summed E-state index contributed by atoms with van der Waals surface area (Å²) in [4.78, 5) is 35.3. The van der Waals surface area contributed by atoms with Crippen LogP contribution < -0.4 is 22.3 Å². The number of nitrogens with zero attached hydrogens (tertiary/aromatic N) is 1. The number of quaternary nitrogens is 1. The summed E-state index contributed by atoms with van der Waals surface area (Å²) >= 11 is 0. The standard InChI is InChI=1S/C17H22NO3.C13H17NO2.BrH/c1-13(19)21-17-12-18(9-7-15(17)8-10-18)11-16(20)14-5-3-2-4-6-14;15-13(14-11-7-3-1-4-8-11)16-12-9-5-2-6-10-12;/h2-6,15,17H,7-12H2,1H3;1,3-4,7-8,12H,2,5-6,9-10H2,(H,14,15);1H/q+1;;/p-1/t15?,17-,18?;;/m0../s1. The molecule has 1 N–H and O–H groups in total. The molecule has 0 aromatic heterocycles. The highest BCUT2D eigenvalue weighted by Crippen LogP contribution is 2.35. The highest BCUT2D eigenvalue weighted by Gasteiger charge is 2.48. The summed E-state index contributed by atoms with van der Waals surface area (Å²) in [5.74, 6) is 0.472. The average Bonchev–Trinajstić information content (AvgIpc) is 2.91. The van der Waals surface area contributed by atoms with Crippen molar-refractivity contribution in [2.45, 2.75) is 64.1 Å². The van der Waals surface area contributed by atoms with E-state index in [0.717, 1.165) is 61.1 Å². The van der Waals surface area contributed by atoms with Crippen LogP contribution in [0.4, 0.5) is 10.5 Å². The van der Waals surface area contributed by atoms with Crippen molar-refractivity contribution in [1.82, 2.24) is 0 Å². The van der Waals surface area contributed by atoms with Gasteiger partial charge in [0.2, 0.25) is 5.78 Å². The molecule has 206 valence electrons. The van der Waals surface area contributed by atoms with Crippen LogP contribution in [0, 0.1) is 5.92 Å². The van der Waals surface area contributed by atoms with E-state index in [2.05, 4.69) is 5.32 Å². The average molecular weight is 588 g/mol. The van der Waals surface area contributed by atoms with Crippen molar-refractivity contribution in [3.05, 3.63) is 66.2 Å². The van der Waals surface area contributed by atoms with Crippen LogP contribution in [-0.4, -0.2) is 60.7 Å². The molecule has 3 heterocycles. The molecule has 1 saturated carbocycles. The van der Waals surface area contributed by atoms with Crippen molar-refractivity contribution in [2.75, 3.05) is 31.5 Å². The number of halogens is 1. The number of anilines is 1. The number of nitrogens with one attached hydrogen (secondary N) is 1. The molecule has 2 aromatic rings. The van der Waals surface area contributed by atoms with Gasteiger partial charge in [-0.25, -0.2) is 4.79 Å². The van der Waals surface area contributed by atoms with Gasteiger partial charge in [0, 0.05) is 36.9 Å². The third-order valence-corrected chi connectivity index (χ3v) is 7.78. The first kappa shape index (κ1) is 29.8. The molecule has 0 radical (unpaired) electrons. The molecule has 1 amide bonds. The maximum Gasteiger partial charge on any atom is 0.411 e. The van der Waals surface area contributed by atoms with Gasteiger partial charge in [0.05, 0.1) is 13.1 Å². The Bertz CT molecular complexity index is 1040. The molecule has 4 aliphatic rings. The molecule has 38 heavy (non-hydrogen) atoms. The summed E-state index contributed by atoms with van der Waals surface area (Å²) in [6.07, 6.45) is 7.49.